The third kappa shape index (κ3) is 2.51. The average molecular weight is 322 g/mol. The molecule has 1 aliphatic heterocycles. The van der Waals surface area contributed by atoms with Gasteiger partial charge in [0.05, 0.1) is 23.4 Å². The van der Waals surface area contributed by atoms with Gasteiger partial charge in [-0.25, -0.2) is 0 Å². The zero-order valence-corrected chi connectivity index (χ0v) is 15.4. The highest BCUT2D eigenvalue weighted by Gasteiger charge is 2.65. The number of fused-ring (bicyclic) bond motifs is 3. The van der Waals surface area contributed by atoms with Crippen LogP contribution in [0.25, 0.3) is 0 Å². The molecule has 2 N–H and O–H groups in total. The molecule has 2 saturated carbocycles. The van der Waals surface area contributed by atoms with Gasteiger partial charge in [0.15, 0.2) is 0 Å². The first-order valence-electron chi connectivity index (χ1n) is 9.16. The van der Waals surface area contributed by atoms with Crippen LogP contribution in [0.1, 0.15) is 66.7 Å². The molecule has 3 fully saturated rings. The average Bonchev–Trinajstić information content (AvgIpc) is 2.33. The standard InChI is InChI=1S/C20H34O3/c1-7-18(4)9-8-15-19(5)11-13(21)10-17(2,3)16(19)14(22)12-20(15,6)23-18/h7,13-16,21-22H,1,8-12H2,2-6H3/t13-,14-,15+,16-,18+,19+,20+/m1/s1. The maximum atomic E-state index is 11.1. The number of ether oxygens (including phenoxy) is 1. The fourth-order valence-electron chi connectivity index (χ4n) is 6.93. The minimum Gasteiger partial charge on any atom is -0.393 e. The Morgan fingerprint density at radius 3 is 2.30 bits per heavy atom. The monoisotopic (exact) mass is 322 g/mol. The maximum Gasteiger partial charge on any atom is 0.0839 e. The first kappa shape index (κ1) is 17.4. The number of aliphatic hydroxyl groups excluding tert-OH is 2. The molecule has 0 aromatic rings. The molecule has 3 nitrogen and oxygen atoms in total. The summed E-state index contributed by atoms with van der Waals surface area (Å²) in [5.74, 6) is 0.582. The lowest BCUT2D eigenvalue weighted by molar-refractivity contribution is -0.284. The predicted octanol–water partition coefficient (Wildman–Crippen LogP) is 3.68. The molecule has 0 radical (unpaired) electrons. The Kier molecular flexibility index (Phi) is 3.84. The van der Waals surface area contributed by atoms with E-state index in [2.05, 4.69) is 41.2 Å². The Morgan fingerprint density at radius 1 is 1.04 bits per heavy atom. The molecule has 7 atom stereocenters. The summed E-state index contributed by atoms with van der Waals surface area (Å²) in [6, 6.07) is 0. The minimum absolute atomic E-state index is 0.0493. The van der Waals surface area contributed by atoms with Crippen LogP contribution in [0.4, 0.5) is 0 Å². The van der Waals surface area contributed by atoms with E-state index in [4.69, 9.17) is 4.74 Å². The second-order valence-electron chi connectivity index (χ2n) is 9.83. The summed E-state index contributed by atoms with van der Waals surface area (Å²) in [4.78, 5) is 0. The van der Waals surface area contributed by atoms with Crippen LogP contribution in [0, 0.1) is 22.7 Å². The van der Waals surface area contributed by atoms with E-state index >= 15 is 0 Å². The van der Waals surface area contributed by atoms with E-state index in [1.807, 2.05) is 6.08 Å². The summed E-state index contributed by atoms with van der Waals surface area (Å²) in [6.45, 7) is 14.9. The molecule has 132 valence electrons. The SMILES string of the molecule is C=C[C@@]1(C)CC[C@H]2[C@]3(C)C[C@H](O)CC(C)(C)[C@H]3[C@H](O)C[C@]2(C)O1. The highest BCUT2D eigenvalue weighted by Crippen LogP contribution is 2.65. The molecule has 0 bridgehead atoms. The molecule has 0 amide bonds. The quantitative estimate of drug-likeness (QED) is 0.724. The summed E-state index contributed by atoms with van der Waals surface area (Å²) < 4.78 is 6.54. The first-order valence-corrected chi connectivity index (χ1v) is 9.16. The van der Waals surface area contributed by atoms with Crippen LogP contribution >= 0.6 is 0 Å². The van der Waals surface area contributed by atoms with Crippen molar-refractivity contribution in [3.8, 4) is 0 Å². The van der Waals surface area contributed by atoms with E-state index in [0.29, 0.717) is 12.3 Å². The fraction of sp³-hybridized carbons (Fsp3) is 0.900. The highest BCUT2D eigenvalue weighted by atomic mass is 16.5. The molecule has 0 spiro atoms. The Morgan fingerprint density at radius 2 is 1.70 bits per heavy atom. The van der Waals surface area contributed by atoms with Crippen LogP contribution in [0.15, 0.2) is 12.7 Å². The smallest absolute Gasteiger partial charge is 0.0839 e. The molecular formula is C20H34O3. The summed E-state index contributed by atoms with van der Waals surface area (Å²) in [6.07, 6.45) is 5.51. The van der Waals surface area contributed by atoms with Gasteiger partial charge >= 0.3 is 0 Å². The van der Waals surface area contributed by atoms with Crippen LogP contribution in [-0.2, 0) is 4.74 Å². The molecule has 3 aliphatic rings. The third-order valence-electron chi connectivity index (χ3n) is 7.35. The molecule has 0 unspecified atom stereocenters. The van der Waals surface area contributed by atoms with Crippen molar-refractivity contribution in [1.29, 1.82) is 0 Å². The largest absolute Gasteiger partial charge is 0.393 e. The predicted molar refractivity (Wildman–Crippen MR) is 92.1 cm³/mol. The second kappa shape index (κ2) is 5.06. The van der Waals surface area contributed by atoms with Crippen molar-refractivity contribution in [2.45, 2.75) is 90.1 Å². The number of hydrogen-bond donors (Lipinski definition) is 2. The summed E-state index contributed by atoms with van der Waals surface area (Å²) in [5.41, 5.74) is -0.793. The van der Waals surface area contributed by atoms with Gasteiger partial charge in [-0.2, -0.15) is 0 Å². The number of hydrogen-bond acceptors (Lipinski definition) is 3. The van der Waals surface area contributed by atoms with Gasteiger partial charge < -0.3 is 14.9 Å². The lowest BCUT2D eigenvalue weighted by Crippen LogP contribution is -2.67. The molecule has 1 saturated heterocycles. The van der Waals surface area contributed by atoms with E-state index in [1.54, 1.807) is 0 Å². The van der Waals surface area contributed by atoms with Crippen LogP contribution in [0.5, 0.6) is 0 Å². The first-order chi connectivity index (χ1) is 10.5. The van der Waals surface area contributed by atoms with Crippen LogP contribution < -0.4 is 0 Å². The van der Waals surface area contributed by atoms with Gasteiger partial charge in [-0.1, -0.05) is 26.8 Å². The zero-order chi connectivity index (χ0) is 17.3. The molecule has 2 aliphatic carbocycles. The molecule has 0 aromatic carbocycles. The van der Waals surface area contributed by atoms with E-state index in [0.717, 1.165) is 25.7 Å². The number of rotatable bonds is 1. The molecule has 3 heteroatoms. The second-order valence-corrected chi connectivity index (χ2v) is 9.83. The van der Waals surface area contributed by atoms with Crippen LogP contribution in [0.2, 0.25) is 0 Å². The lowest BCUT2D eigenvalue weighted by atomic mass is 9.43. The maximum absolute atomic E-state index is 11.1. The van der Waals surface area contributed by atoms with Crippen molar-refractivity contribution in [3.05, 3.63) is 12.7 Å². The van der Waals surface area contributed by atoms with Gasteiger partial charge in [-0.05, 0) is 62.2 Å². The van der Waals surface area contributed by atoms with Crippen LogP contribution in [-0.4, -0.2) is 33.6 Å². The van der Waals surface area contributed by atoms with Gasteiger partial charge in [0.25, 0.3) is 0 Å². The number of aliphatic hydroxyl groups is 2. The molecule has 3 rings (SSSR count). The Balaban J connectivity index is 2.03. The van der Waals surface area contributed by atoms with E-state index in [-0.39, 0.29) is 40.2 Å². The lowest BCUT2D eigenvalue weighted by Gasteiger charge is -2.66. The van der Waals surface area contributed by atoms with Crippen molar-refractivity contribution >= 4 is 0 Å². The Labute approximate surface area is 141 Å². The Hall–Kier alpha value is -0.380. The van der Waals surface area contributed by atoms with Crippen molar-refractivity contribution in [1.82, 2.24) is 0 Å². The van der Waals surface area contributed by atoms with E-state index in [1.165, 1.54) is 0 Å². The summed E-state index contributed by atoms with van der Waals surface area (Å²) in [5, 5.41) is 21.6. The Bertz CT molecular complexity index is 501. The normalized spacial score (nSPS) is 55.6. The summed E-state index contributed by atoms with van der Waals surface area (Å²) in [7, 11) is 0. The zero-order valence-electron chi connectivity index (χ0n) is 15.4. The molecule has 1 heterocycles. The van der Waals surface area contributed by atoms with Crippen molar-refractivity contribution in [2.24, 2.45) is 22.7 Å². The third-order valence-corrected chi connectivity index (χ3v) is 7.35. The van der Waals surface area contributed by atoms with Gasteiger partial charge in [0.2, 0.25) is 0 Å². The minimum atomic E-state index is -0.379. The van der Waals surface area contributed by atoms with Crippen molar-refractivity contribution in [3.63, 3.8) is 0 Å². The van der Waals surface area contributed by atoms with E-state index in [9.17, 15) is 10.2 Å². The fourth-order valence-corrected chi connectivity index (χ4v) is 6.93. The van der Waals surface area contributed by atoms with Crippen molar-refractivity contribution in [2.75, 3.05) is 0 Å². The van der Waals surface area contributed by atoms with Gasteiger partial charge in [-0.3, -0.25) is 0 Å². The molecular weight excluding hydrogens is 288 g/mol. The van der Waals surface area contributed by atoms with Crippen LogP contribution in [0.3, 0.4) is 0 Å². The van der Waals surface area contributed by atoms with Gasteiger partial charge in [0, 0.05) is 6.42 Å². The van der Waals surface area contributed by atoms with Crippen molar-refractivity contribution < 1.29 is 14.9 Å². The van der Waals surface area contributed by atoms with Gasteiger partial charge in [-0.15, -0.1) is 6.58 Å². The summed E-state index contributed by atoms with van der Waals surface area (Å²) >= 11 is 0. The molecule has 0 aromatic heterocycles. The highest BCUT2D eigenvalue weighted by molar-refractivity contribution is 5.15. The topological polar surface area (TPSA) is 49.7 Å². The van der Waals surface area contributed by atoms with Gasteiger partial charge in [0.1, 0.15) is 0 Å². The van der Waals surface area contributed by atoms with E-state index < -0.39 is 0 Å². The molecule has 23 heavy (non-hydrogen) atoms.